The minimum absolute atomic E-state index is 0.0277. The fourth-order valence-corrected chi connectivity index (χ4v) is 1.93. The van der Waals surface area contributed by atoms with Gasteiger partial charge in [0.1, 0.15) is 5.82 Å². The summed E-state index contributed by atoms with van der Waals surface area (Å²) in [7, 11) is 0. The summed E-state index contributed by atoms with van der Waals surface area (Å²) in [4.78, 5) is 16.1. The molecule has 0 fully saturated rings. The summed E-state index contributed by atoms with van der Waals surface area (Å²) >= 11 is 0. The van der Waals surface area contributed by atoms with Crippen LogP contribution in [0.2, 0.25) is 0 Å². The highest BCUT2D eigenvalue weighted by molar-refractivity contribution is 5.37. The van der Waals surface area contributed by atoms with Gasteiger partial charge in [-0.05, 0) is 37.1 Å². The molecule has 0 aliphatic rings. The largest absolute Gasteiger partial charge is 0.370 e. The maximum absolute atomic E-state index is 11.8. The van der Waals surface area contributed by atoms with E-state index in [4.69, 9.17) is 0 Å². The van der Waals surface area contributed by atoms with Crippen molar-refractivity contribution in [3.8, 4) is 0 Å². The van der Waals surface area contributed by atoms with Gasteiger partial charge < -0.3 is 9.88 Å². The predicted molar refractivity (Wildman–Crippen MR) is 77.6 cm³/mol. The fraction of sp³-hybridized carbons (Fsp3) is 0.333. The van der Waals surface area contributed by atoms with Crippen molar-refractivity contribution < 1.29 is 0 Å². The van der Waals surface area contributed by atoms with Gasteiger partial charge in [-0.25, -0.2) is 4.98 Å². The van der Waals surface area contributed by atoms with E-state index in [1.165, 1.54) is 0 Å². The molecule has 1 N–H and O–H groups in total. The number of hydrogen-bond donors (Lipinski definition) is 1. The molecule has 0 saturated heterocycles. The van der Waals surface area contributed by atoms with Crippen LogP contribution in [0.3, 0.4) is 0 Å². The summed E-state index contributed by atoms with van der Waals surface area (Å²) in [6.45, 7) is 5.54. The Balaban J connectivity index is 2.21. The summed E-state index contributed by atoms with van der Waals surface area (Å²) in [5.41, 5.74) is 2.07. The van der Waals surface area contributed by atoms with Crippen LogP contribution in [0.5, 0.6) is 0 Å². The summed E-state index contributed by atoms with van der Waals surface area (Å²) in [6.07, 6.45) is 2.83. The molecule has 100 valence electrons. The smallest absolute Gasteiger partial charge is 0.251 e. The van der Waals surface area contributed by atoms with E-state index in [-0.39, 0.29) is 5.56 Å². The van der Waals surface area contributed by atoms with Gasteiger partial charge in [-0.3, -0.25) is 4.79 Å². The summed E-state index contributed by atoms with van der Waals surface area (Å²) in [5, 5.41) is 3.25. The maximum atomic E-state index is 11.8. The molecule has 0 radical (unpaired) electrons. The highest BCUT2D eigenvalue weighted by Gasteiger charge is 2.02. The lowest BCUT2D eigenvalue weighted by Crippen LogP contribution is -2.21. The number of aryl methyl sites for hydroxylation is 1. The molecular formula is C15H19N3O. The molecule has 2 heterocycles. The molecule has 0 spiro atoms. The Kier molecular flexibility index (Phi) is 4.34. The first-order valence-electron chi connectivity index (χ1n) is 6.56. The zero-order chi connectivity index (χ0) is 13.7. The topological polar surface area (TPSA) is 46.9 Å². The Bertz CT molecular complexity index is 604. The van der Waals surface area contributed by atoms with Crippen molar-refractivity contribution in [3.05, 3.63) is 58.1 Å². The molecule has 0 unspecified atom stereocenters. The molecule has 2 rings (SSSR count). The summed E-state index contributed by atoms with van der Waals surface area (Å²) in [5.74, 6) is 0.862. The van der Waals surface area contributed by atoms with Crippen LogP contribution in [0, 0.1) is 6.92 Å². The molecule has 4 heteroatoms. The Morgan fingerprint density at radius 2 is 2.16 bits per heavy atom. The van der Waals surface area contributed by atoms with Crippen molar-refractivity contribution >= 4 is 5.82 Å². The lowest BCUT2D eigenvalue weighted by atomic mass is 10.2. The average Bonchev–Trinajstić information content (AvgIpc) is 2.41. The van der Waals surface area contributed by atoms with Crippen molar-refractivity contribution in [2.45, 2.75) is 26.8 Å². The Labute approximate surface area is 113 Å². The molecule has 19 heavy (non-hydrogen) atoms. The van der Waals surface area contributed by atoms with Crippen molar-refractivity contribution in [2.24, 2.45) is 0 Å². The normalized spacial score (nSPS) is 10.4. The van der Waals surface area contributed by atoms with Gasteiger partial charge in [0.15, 0.2) is 0 Å². The Morgan fingerprint density at radius 3 is 2.89 bits per heavy atom. The first-order chi connectivity index (χ1) is 9.20. The molecule has 0 aliphatic heterocycles. The first kappa shape index (κ1) is 13.3. The van der Waals surface area contributed by atoms with Gasteiger partial charge >= 0.3 is 0 Å². The molecule has 2 aromatic heterocycles. The van der Waals surface area contributed by atoms with E-state index in [1.54, 1.807) is 22.9 Å². The van der Waals surface area contributed by atoms with E-state index in [0.717, 1.165) is 30.0 Å². The van der Waals surface area contributed by atoms with E-state index in [1.807, 2.05) is 25.1 Å². The molecular weight excluding hydrogens is 238 g/mol. The van der Waals surface area contributed by atoms with E-state index in [2.05, 4.69) is 17.2 Å². The molecule has 0 bridgehead atoms. The van der Waals surface area contributed by atoms with Gasteiger partial charge in [-0.2, -0.15) is 0 Å². The molecule has 2 aromatic rings. The van der Waals surface area contributed by atoms with Gasteiger partial charge in [0.2, 0.25) is 0 Å². The quantitative estimate of drug-likeness (QED) is 0.894. The minimum Gasteiger partial charge on any atom is -0.370 e. The molecule has 4 nitrogen and oxygen atoms in total. The minimum atomic E-state index is 0.0277. The number of anilines is 1. The van der Waals surface area contributed by atoms with Crippen LogP contribution >= 0.6 is 0 Å². The van der Waals surface area contributed by atoms with Crippen molar-refractivity contribution in [1.29, 1.82) is 0 Å². The van der Waals surface area contributed by atoms with Crippen LogP contribution in [0.4, 0.5) is 5.82 Å². The van der Waals surface area contributed by atoms with Gasteiger partial charge in [-0.1, -0.05) is 13.0 Å². The molecule has 0 amide bonds. The van der Waals surface area contributed by atoms with Crippen LogP contribution in [-0.4, -0.2) is 16.1 Å². The number of pyridine rings is 2. The van der Waals surface area contributed by atoms with E-state index in [9.17, 15) is 4.79 Å². The number of rotatable bonds is 5. The van der Waals surface area contributed by atoms with E-state index < -0.39 is 0 Å². The Hall–Kier alpha value is -2.10. The third kappa shape index (κ3) is 3.44. The van der Waals surface area contributed by atoms with Gasteiger partial charge in [0.05, 0.1) is 6.54 Å². The predicted octanol–water partition coefficient (Wildman–Crippen LogP) is 2.42. The van der Waals surface area contributed by atoms with Crippen molar-refractivity contribution in [3.63, 3.8) is 0 Å². The monoisotopic (exact) mass is 257 g/mol. The highest BCUT2D eigenvalue weighted by Crippen LogP contribution is 2.09. The van der Waals surface area contributed by atoms with Gasteiger partial charge in [0, 0.05) is 24.5 Å². The van der Waals surface area contributed by atoms with Crippen LogP contribution in [0.1, 0.15) is 24.6 Å². The second-order valence-corrected chi connectivity index (χ2v) is 4.57. The number of aromatic nitrogens is 2. The zero-order valence-corrected chi connectivity index (χ0v) is 11.4. The van der Waals surface area contributed by atoms with Crippen LogP contribution in [0.15, 0.2) is 41.3 Å². The molecule has 0 atom stereocenters. The lowest BCUT2D eigenvalue weighted by molar-refractivity contribution is 0.729. The third-order valence-electron chi connectivity index (χ3n) is 2.99. The number of nitrogens with one attached hydrogen (secondary N) is 1. The molecule has 0 saturated carbocycles. The van der Waals surface area contributed by atoms with Crippen LogP contribution < -0.4 is 10.9 Å². The maximum Gasteiger partial charge on any atom is 0.251 e. The van der Waals surface area contributed by atoms with Crippen molar-refractivity contribution in [1.82, 2.24) is 9.55 Å². The van der Waals surface area contributed by atoms with Gasteiger partial charge in [-0.15, -0.1) is 0 Å². The molecule has 0 aliphatic carbocycles. The van der Waals surface area contributed by atoms with Crippen LogP contribution in [-0.2, 0) is 6.54 Å². The summed E-state index contributed by atoms with van der Waals surface area (Å²) < 4.78 is 1.76. The second kappa shape index (κ2) is 6.18. The fourth-order valence-electron chi connectivity index (χ4n) is 1.93. The standard InChI is InChI=1S/C15H19N3O/c1-3-8-16-14-10-13(7-9-17-14)11-18-12(2)5-4-6-15(18)19/h4-7,9-10H,3,8,11H2,1-2H3,(H,16,17). The van der Waals surface area contributed by atoms with Gasteiger partial charge in [0.25, 0.3) is 5.56 Å². The SMILES string of the molecule is CCCNc1cc(Cn2c(C)cccc2=O)ccn1. The number of hydrogen-bond acceptors (Lipinski definition) is 3. The average molecular weight is 257 g/mol. The van der Waals surface area contributed by atoms with E-state index >= 15 is 0 Å². The third-order valence-corrected chi connectivity index (χ3v) is 2.99. The van der Waals surface area contributed by atoms with E-state index in [0.29, 0.717) is 6.54 Å². The number of nitrogens with zero attached hydrogens (tertiary/aromatic N) is 2. The van der Waals surface area contributed by atoms with Crippen LogP contribution in [0.25, 0.3) is 0 Å². The first-order valence-corrected chi connectivity index (χ1v) is 6.56. The second-order valence-electron chi connectivity index (χ2n) is 4.57. The summed E-state index contributed by atoms with van der Waals surface area (Å²) in [6, 6.07) is 9.25. The lowest BCUT2D eigenvalue weighted by Gasteiger charge is -2.10. The molecule has 0 aromatic carbocycles. The highest BCUT2D eigenvalue weighted by atomic mass is 16.1. The zero-order valence-electron chi connectivity index (χ0n) is 11.4. The van der Waals surface area contributed by atoms with Crippen molar-refractivity contribution in [2.75, 3.05) is 11.9 Å². The Morgan fingerprint density at radius 1 is 1.32 bits per heavy atom.